The second-order valence-electron chi connectivity index (χ2n) is 6.35. The van der Waals surface area contributed by atoms with Gasteiger partial charge in [0.25, 0.3) is 10.1 Å². The minimum Gasteiger partial charge on any atom is -0.296 e. The summed E-state index contributed by atoms with van der Waals surface area (Å²) in [4.78, 5) is 2.49. The van der Waals surface area contributed by atoms with Gasteiger partial charge in [-0.05, 0) is 44.0 Å². The maximum atomic E-state index is 12.4. The highest BCUT2D eigenvalue weighted by molar-refractivity contribution is 7.86. The van der Waals surface area contributed by atoms with Crippen molar-refractivity contribution in [1.29, 1.82) is 0 Å². The molecule has 24 heavy (non-hydrogen) atoms. The van der Waals surface area contributed by atoms with Crippen molar-refractivity contribution in [2.75, 3.05) is 13.1 Å². The van der Waals surface area contributed by atoms with Crippen molar-refractivity contribution in [2.24, 2.45) is 0 Å². The van der Waals surface area contributed by atoms with Crippen LogP contribution in [0.3, 0.4) is 0 Å². The van der Waals surface area contributed by atoms with Gasteiger partial charge in [0, 0.05) is 13.1 Å². The van der Waals surface area contributed by atoms with Gasteiger partial charge in [0.05, 0.1) is 11.0 Å². The molecule has 0 spiro atoms. The Labute approximate surface area is 144 Å². The highest BCUT2D eigenvalue weighted by atomic mass is 32.2. The molecule has 2 aromatic rings. The van der Waals surface area contributed by atoms with E-state index in [0.717, 1.165) is 31.5 Å². The van der Waals surface area contributed by atoms with E-state index in [1.165, 1.54) is 5.56 Å². The Morgan fingerprint density at radius 2 is 1.79 bits per heavy atom. The molecule has 1 saturated heterocycles. The van der Waals surface area contributed by atoms with E-state index < -0.39 is 10.1 Å². The Kier molecular flexibility index (Phi) is 5.33. The molecule has 1 aliphatic rings. The van der Waals surface area contributed by atoms with Crippen molar-refractivity contribution in [3.63, 3.8) is 0 Å². The lowest BCUT2D eigenvalue weighted by Gasteiger charge is -2.32. The van der Waals surface area contributed by atoms with Gasteiger partial charge in [0.15, 0.2) is 0 Å². The van der Waals surface area contributed by atoms with E-state index in [1.807, 2.05) is 25.1 Å². The fourth-order valence-corrected chi connectivity index (χ4v) is 4.11. The lowest BCUT2D eigenvalue weighted by atomic mass is 10.1. The Bertz CT molecular complexity index is 757. The third kappa shape index (κ3) is 4.44. The predicted molar refractivity (Wildman–Crippen MR) is 94.2 cm³/mol. The van der Waals surface area contributed by atoms with Gasteiger partial charge in [0.2, 0.25) is 0 Å². The van der Waals surface area contributed by atoms with Gasteiger partial charge < -0.3 is 0 Å². The van der Waals surface area contributed by atoms with Crippen molar-refractivity contribution in [2.45, 2.75) is 37.3 Å². The monoisotopic (exact) mass is 345 g/mol. The zero-order valence-corrected chi connectivity index (χ0v) is 14.7. The molecule has 4 nitrogen and oxygen atoms in total. The zero-order chi connectivity index (χ0) is 17.0. The van der Waals surface area contributed by atoms with Crippen LogP contribution in [-0.2, 0) is 20.8 Å². The van der Waals surface area contributed by atoms with Crippen LogP contribution in [0.15, 0.2) is 59.5 Å². The molecule has 1 atom stereocenters. The van der Waals surface area contributed by atoms with Crippen LogP contribution in [0.1, 0.15) is 24.0 Å². The van der Waals surface area contributed by atoms with Crippen LogP contribution < -0.4 is 0 Å². The highest BCUT2D eigenvalue weighted by Crippen LogP contribution is 2.21. The van der Waals surface area contributed by atoms with Crippen LogP contribution in [0, 0.1) is 6.92 Å². The lowest BCUT2D eigenvalue weighted by molar-refractivity contribution is 0.0890. The second kappa shape index (κ2) is 7.47. The number of rotatable bonds is 5. The topological polar surface area (TPSA) is 46.6 Å². The summed E-state index contributed by atoms with van der Waals surface area (Å²) in [5.74, 6) is 0. The predicted octanol–water partition coefficient (Wildman–Crippen LogP) is 3.36. The molecule has 1 fully saturated rings. The molecule has 0 radical (unpaired) electrons. The number of benzene rings is 2. The van der Waals surface area contributed by atoms with Crippen molar-refractivity contribution in [3.05, 3.63) is 65.7 Å². The number of nitrogens with zero attached hydrogens (tertiary/aromatic N) is 1. The van der Waals surface area contributed by atoms with Crippen molar-refractivity contribution < 1.29 is 12.6 Å². The number of hydrogen-bond acceptors (Lipinski definition) is 4. The summed E-state index contributed by atoms with van der Waals surface area (Å²) < 4.78 is 30.4. The van der Waals surface area contributed by atoms with E-state index in [4.69, 9.17) is 4.18 Å². The van der Waals surface area contributed by atoms with Gasteiger partial charge >= 0.3 is 0 Å². The van der Waals surface area contributed by atoms with Gasteiger partial charge in [-0.3, -0.25) is 9.08 Å². The molecule has 0 aliphatic carbocycles. The second-order valence-corrected chi connectivity index (χ2v) is 7.92. The van der Waals surface area contributed by atoms with Gasteiger partial charge in [-0.2, -0.15) is 8.42 Å². The Hall–Kier alpha value is -1.69. The normalized spacial score (nSPS) is 19.3. The fraction of sp³-hybridized carbons (Fsp3) is 0.368. The third-order valence-electron chi connectivity index (χ3n) is 4.28. The third-order valence-corrected chi connectivity index (χ3v) is 5.66. The number of hydrogen-bond donors (Lipinski definition) is 0. The van der Waals surface area contributed by atoms with Crippen molar-refractivity contribution in [1.82, 2.24) is 4.90 Å². The van der Waals surface area contributed by atoms with Gasteiger partial charge in [-0.15, -0.1) is 0 Å². The van der Waals surface area contributed by atoms with E-state index in [2.05, 4.69) is 17.0 Å². The molecule has 5 heteroatoms. The molecule has 128 valence electrons. The average molecular weight is 345 g/mol. The summed E-state index contributed by atoms with van der Waals surface area (Å²) in [7, 11) is -3.70. The summed E-state index contributed by atoms with van der Waals surface area (Å²) in [6.07, 6.45) is 1.44. The zero-order valence-electron chi connectivity index (χ0n) is 13.9. The summed E-state index contributed by atoms with van der Waals surface area (Å²) in [6, 6.07) is 17.0. The minimum absolute atomic E-state index is 0.230. The number of likely N-dealkylation sites (tertiary alicyclic amines) is 1. The minimum atomic E-state index is -3.70. The first-order valence-electron chi connectivity index (χ1n) is 8.29. The molecular formula is C19H23NO3S. The van der Waals surface area contributed by atoms with Crippen LogP contribution in [0.5, 0.6) is 0 Å². The summed E-state index contributed by atoms with van der Waals surface area (Å²) in [5, 5.41) is 0. The Morgan fingerprint density at radius 3 is 2.50 bits per heavy atom. The summed E-state index contributed by atoms with van der Waals surface area (Å²) >= 11 is 0. The first kappa shape index (κ1) is 17.1. The van der Waals surface area contributed by atoms with Gasteiger partial charge in [-0.1, -0.05) is 48.0 Å². The molecular weight excluding hydrogens is 322 g/mol. The molecule has 0 saturated carbocycles. The standard InChI is InChI=1S/C19H23NO3S/c1-16-9-11-19(12-10-16)24(21,22)23-18-8-5-13-20(15-18)14-17-6-3-2-4-7-17/h2-4,6-7,9-12,18H,5,8,13-15H2,1H3/t18-/m1/s1. The Balaban J connectivity index is 1.63. The van der Waals surface area contributed by atoms with Gasteiger partial charge in [-0.25, -0.2) is 0 Å². The van der Waals surface area contributed by atoms with Crippen LogP contribution in [0.25, 0.3) is 0 Å². The van der Waals surface area contributed by atoms with Crippen LogP contribution in [0.4, 0.5) is 0 Å². The number of aryl methyl sites for hydroxylation is 1. The first-order valence-corrected chi connectivity index (χ1v) is 9.70. The molecule has 3 rings (SSSR count). The molecule has 0 N–H and O–H groups in total. The first-order chi connectivity index (χ1) is 11.5. The molecule has 0 unspecified atom stereocenters. The van der Waals surface area contributed by atoms with Crippen molar-refractivity contribution >= 4 is 10.1 Å². The van der Waals surface area contributed by atoms with Crippen LogP contribution in [-0.4, -0.2) is 32.5 Å². The SMILES string of the molecule is Cc1ccc(S(=O)(=O)O[C@@H]2CCCN(Cc3ccccc3)C2)cc1. The maximum absolute atomic E-state index is 12.4. The molecule has 0 bridgehead atoms. The lowest BCUT2D eigenvalue weighted by Crippen LogP contribution is -2.40. The number of piperidine rings is 1. The molecule has 1 aliphatic heterocycles. The largest absolute Gasteiger partial charge is 0.297 e. The summed E-state index contributed by atoms with van der Waals surface area (Å²) in [5.41, 5.74) is 2.26. The fourth-order valence-electron chi connectivity index (χ4n) is 3.02. The van der Waals surface area contributed by atoms with E-state index >= 15 is 0 Å². The van der Waals surface area contributed by atoms with Crippen LogP contribution >= 0.6 is 0 Å². The smallest absolute Gasteiger partial charge is 0.296 e. The van der Waals surface area contributed by atoms with E-state index in [1.54, 1.807) is 24.3 Å². The van der Waals surface area contributed by atoms with E-state index in [-0.39, 0.29) is 11.0 Å². The molecule has 1 heterocycles. The summed E-state index contributed by atoms with van der Waals surface area (Å²) in [6.45, 7) is 4.37. The van der Waals surface area contributed by atoms with Crippen LogP contribution in [0.2, 0.25) is 0 Å². The molecule has 2 aromatic carbocycles. The van der Waals surface area contributed by atoms with Crippen molar-refractivity contribution in [3.8, 4) is 0 Å². The highest BCUT2D eigenvalue weighted by Gasteiger charge is 2.26. The van der Waals surface area contributed by atoms with E-state index in [9.17, 15) is 8.42 Å². The molecule has 0 amide bonds. The quantitative estimate of drug-likeness (QED) is 0.780. The molecule has 0 aromatic heterocycles. The average Bonchev–Trinajstić information content (AvgIpc) is 2.56. The Morgan fingerprint density at radius 1 is 1.08 bits per heavy atom. The van der Waals surface area contributed by atoms with Gasteiger partial charge in [0.1, 0.15) is 0 Å². The maximum Gasteiger partial charge on any atom is 0.297 e. The van der Waals surface area contributed by atoms with E-state index in [0.29, 0.717) is 6.54 Å².